The molecule has 1 aromatic carbocycles. The number of sulfone groups is 1. The SMILES string of the molecule is Cn1c(S(=O)(=O)c2ccc(=O)[nH]n2)cc2ccccc21. The van der Waals surface area contributed by atoms with Crippen LogP contribution < -0.4 is 5.56 Å². The van der Waals surface area contributed by atoms with Crippen LogP contribution in [-0.4, -0.2) is 23.2 Å². The van der Waals surface area contributed by atoms with E-state index in [9.17, 15) is 13.2 Å². The second-order valence-electron chi connectivity index (χ2n) is 4.36. The molecule has 0 radical (unpaired) electrons. The highest BCUT2D eigenvalue weighted by Crippen LogP contribution is 2.25. The van der Waals surface area contributed by atoms with Crippen LogP contribution >= 0.6 is 0 Å². The van der Waals surface area contributed by atoms with Crippen molar-refractivity contribution in [2.75, 3.05) is 0 Å². The van der Waals surface area contributed by atoms with Crippen LogP contribution in [0.3, 0.4) is 0 Å². The summed E-state index contributed by atoms with van der Waals surface area (Å²) in [5, 5.41) is 6.52. The highest BCUT2D eigenvalue weighted by atomic mass is 32.2. The van der Waals surface area contributed by atoms with Gasteiger partial charge in [-0.2, -0.15) is 5.10 Å². The Labute approximate surface area is 114 Å². The fourth-order valence-corrected chi connectivity index (χ4v) is 3.48. The molecule has 0 fully saturated rings. The molecule has 3 rings (SSSR count). The molecule has 7 heteroatoms. The Morgan fingerprint density at radius 3 is 2.55 bits per heavy atom. The summed E-state index contributed by atoms with van der Waals surface area (Å²) in [4.78, 5) is 11.0. The molecular formula is C13H11N3O3S. The molecule has 0 aliphatic heterocycles. The molecular weight excluding hydrogens is 278 g/mol. The zero-order valence-corrected chi connectivity index (χ0v) is 11.4. The lowest BCUT2D eigenvalue weighted by atomic mass is 10.2. The second kappa shape index (κ2) is 4.31. The van der Waals surface area contributed by atoms with Gasteiger partial charge in [0, 0.05) is 24.0 Å². The summed E-state index contributed by atoms with van der Waals surface area (Å²) >= 11 is 0. The number of rotatable bonds is 2. The van der Waals surface area contributed by atoms with Gasteiger partial charge in [-0.15, -0.1) is 0 Å². The quantitative estimate of drug-likeness (QED) is 0.765. The van der Waals surface area contributed by atoms with Crippen LogP contribution in [-0.2, 0) is 16.9 Å². The zero-order valence-electron chi connectivity index (χ0n) is 10.6. The highest BCUT2D eigenvalue weighted by molar-refractivity contribution is 7.91. The maximum absolute atomic E-state index is 12.5. The molecule has 0 aliphatic rings. The number of nitrogens with zero attached hydrogens (tertiary/aromatic N) is 2. The molecule has 6 nitrogen and oxygen atoms in total. The predicted molar refractivity (Wildman–Crippen MR) is 73.2 cm³/mol. The van der Waals surface area contributed by atoms with Crippen LogP contribution in [0.4, 0.5) is 0 Å². The summed E-state index contributed by atoms with van der Waals surface area (Å²) in [6.45, 7) is 0. The monoisotopic (exact) mass is 289 g/mol. The summed E-state index contributed by atoms with van der Waals surface area (Å²) in [5.41, 5.74) is 0.372. The van der Waals surface area contributed by atoms with Crippen molar-refractivity contribution in [1.29, 1.82) is 0 Å². The summed E-state index contributed by atoms with van der Waals surface area (Å²) < 4.78 is 26.7. The van der Waals surface area contributed by atoms with Gasteiger partial charge < -0.3 is 4.57 Å². The summed E-state index contributed by atoms with van der Waals surface area (Å²) in [6, 6.07) is 11.3. The topological polar surface area (TPSA) is 84.8 Å². The van der Waals surface area contributed by atoms with E-state index in [1.54, 1.807) is 17.7 Å². The van der Waals surface area contributed by atoms with Crippen LogP contribution in [0.5, 0.6) is 0 Å². The third-order valence-corrected chi connectivity index (χ3v) is 4.83. The number of nitrogens with one attached hydrogen (secondary N) is 1. The van der Waals surface area contributed by atoms with E-state index in [-0.39, 0.29) is 10.1 Å². The first-order chi connectivity index (χ1) is 9.50. The number of aryl methyl sites for hydroxylation is 1. The van der Waals surface area contributed by atoms with E-state index in [1.807, 2.05) is 24.3 Å². The van der Waals surface area contributed by atoms with Crippen molar-refractivity contribution >= 4 is 20.7 Å². The molecule has 102 valence electrons. The standard InChI is InChI=1S/C13H11N3O3S/c1-16-10-5-3-2-4-9(10)8-13(16)20(18,19)12-7-6-11(17)14-15-12/h2-8H,1H3,(H,14,17). The van der Waals surface area contributed by atoms with Gasteiger partial charge in [-0.3, -0.25) is 4.79 Å². The normalized spacial score (nSPS) is 11.8. The molecule has 0 aliphatic carbocycles. The molecule has 0 saturated carbocycles. The Hall–Kier alpha value is -2.41. The third kappa shape index (κ3) is 1.83. The molecule has 0 bridgehead atoms. The van der Waals surface area contributed by atoms with Crippen molar-refractivity contribution in [3.63, 3.8) is 0 Å². The fraction of sp³-hybridized carbons (Fsp3) is 0.0769. The van der Waals surface area contributed by atoms with Crippen molar-refractivity contribution < 1.29 is 8.42 Å². The average Bonchev–Trinajstić information content (AvgIpc) is 2.78. The third-order valence-electron chi connectivity index (χ3n) is 3.11. The summed E-state index contributed by atoms with van der Waals surface area (Å²) in [5.74, 6) is 0. The molecule has 3 aromatic rings. The Kier molecular flexibility index (Phi) is 2.72. The minimum Gasteiger partial charge on any atom is -0.334 e. The Balaban J connectivity index is 2.26. The van der Waals surface area contributed by atoms with E-state index in [1.165, 1.54) is 6.07 Å². The maximum atomic E-state index is 12.5. The first-order valence-corrected chi connectivity index (χ1v) is 7.34. The zero-order chi connectivity index (χ0) is 14.3. The molecule has 0 unspecified atom stereocenters. The minimum absolute atomic E-state index is 0.137. The van der Waals surface area contributed by atoms with Crippen LogP contribution in [0.1, 0.15) is 0 Å². The molecule has 0 saturated heterocycles. The molecule has 0 amide bonds. The van der Waals surface area contributed by atoms with Crippen molar-refractivity contribution in [3.05, 3.63) is 52.8 Å². The van der Waals surface area contributed by atoms with E-state index >= 15 is 0 Å². The largest absolute Gasteiger partial charge is 0.334 e. The smallest absolute Gasteiger partial charge is 0.264 e. The average molecular weight is 289 g/mol. The molecule has 2 heterocycles. The predicted octanol–water partition coefficient (Wildman–Crippen LogP) is 1.09. The summed E-state index contributed by atoms with van der Waals surface area (Å²) in [6.07, 6.45) is 0. The first-order valence-electron chi connectivity index (χ1n) is 5.85. The Morgan fingerprint density at radius 1 is 1.15 bits per heavy atom. The lowest BCUT2D eigenvalue weighted by molar-refractivity contribution is 0.580. The first kappa shape index (κ1) is 12.6. The minimum atomic E-state index is -3.77. The van der Waals surface area contributed by atoms with Gasteiger partial charge in [0.15, 0.2) is 5.03 Å². The van der Waals surface area contributed by atoms with Crippen LogP contribution in [0.2, 0.25) is 0 Å². The number of hydrogen-bond acceptors (Lipinski definition) is 4. The number of aromatic nitrogens is 3. The number of para-hydroxylation sites is 1. The lowest BCUT2D eigenvalue weighted by Gasteiger charge is -2.04. The number of H-pyrrole nitrogens is 1. The number of benzene rings is 1. The summed E-state index contributed by atoms with van der Waals surface area (Å²) in [7, 11) is -2.09. The van der Waals surface area contributed by atoms with Gasteiger partial charge in [-0.05, 0) is 18.2 Å². The Morgan fingerprint density at radius 2 is 1.90 bits per heavy atom. The number of aromatic amines is 1. The van der Waals surface area contributed by atoms with Gasteiger partial charge >= 0.3 is 0 Å². The van der Waals surface area contributed by atoms with Crippen molar-refractivity contribution in [2.45, 2.75) is 10.1 Å². The van der Waals surface area contributed by atoms with Crippen LogP contribution in [0, 0.1) is 0 Å². The molecule has 0 spiro atoms. The molecule has 20 heavy (non-hydrogen) atoms. The second-order valence-corrected chi connectivity index (χ2v) is 6.21. The lowest BCUT2D eigenvalue weighted by Crippen LogP contribution is -2.13. The highest BCUT2D eigenvalue weighted by Gasteiger charge is 2.24. The van der Waals surface area contributed by atoms with E-state index < -0.39 is 15.4 Å². The van der Waals surface area contributed by atoms with Crippen molar-refractivity contribution in [3.8, 4) is 0 Å². The number of hydrogen-bond donors (Lipinski definition) is 1. The molecule has 1 N–H and O–H groups in total. The van der Waals surface area contributed by atoms with Crippen molar-refractivity contribution in [2.24, 2.45) is 7.05 Å². The van der Waals surface area contributed by atoms with Crippen molar-refractivity contribution in [1.82, 2.24) is 14.8 Å². The van der Waals surface area contributed by atoms with E-state index in [0.29, 0.717) is 0 Å². The van der Waals surface area contributed by atoms with Gasteiger partial charge in [0.1, 0.15) is 5.03 Å². The van der Waals surface area contributed by atoms with Gasteiger partial charge in [-0.1, -0.05) is 18.2 Å². The Bertz CT molecular complexity index is 934. The number of fused-ring (bicyclic) bond motifs is 1. The molecule has 0 atom stereocenters. The maximum Gasteiger partial charge on any atom is 0.264 e. The van der Waals surface area contributed by atoms with Crippen LogP contribution in [0.15, 0.2) is 57.3 Å². The van der Waals surface area contributed by atoms with Crippen LogP contribution in [0.25, 0.3) is 10.9 Å². The van der Waals surface area contributed by atoms with Gasteiger partial charge in [-0.25, -0.2) is 13.5 Å². The van der Waals surface area contributed by atoms with E-state index in [0.717, 1.165) is 17.0 Å². The van der Waals surface area contributed by atoms with E-state index in [4.69, 9.17) is 0 Å². The van der Waals surface area contributed by atoms with E-state index in [2.05, 4.69) is 10.2 Å². The van der Waals surface area contributed by atoms with Gasteiger partial charge in [0.25, 0.3) is 5.56 Å². The molecule has 2 aromatic heterocycles. The fourth-order valence-electron chi connectivity index (χ4n) is 2.11. The van der Waals surface area contributed by atoms with Gasteiger partial charge in [0.05, 0.1) is 0 Å². The van der Waals surface area contributed by atoms with Gasteiger partial charge in [0.2, 0.25) is 9.84 Å².